The molecule has 1 unspecified atom stereocenters. The first-order valence-corrected chi connectivity index (χ1v) is 5.41. The van der Waals surface area contributed by atoms with Crippen molar-refractivity contribution in [3.63, 3.8) is 0 Å². The molecule has 1 atom stereocenters. The fourth-order valence-corrected chi connectivity index (χ4v) is 1.62. The first kappa shape index (κ1) is 10.9. The van der Waals surface area contributed by atoms with E-state index in [0.29, 0.717) is 18.1 Å². The molecule has 0 aromatic heterocycles. The minimum atomic E-state index is 0.0978. The highest BCUT2D eigenvalue weighted by Gasteiger charge is 2.14. The molecule has 3 nitrogen and oxygen atoms in total. The lowest BCUT2D eigenvalue weighted by molar-refractivity contribution is -0.121. The van der Waals surface area contributed by atoms with Crippen LogP contribution < -0.4 is 5.32 Å². The summed E-state index contributed by atoms with van der Waals surface area (Å²) in [6, 6.07) is 0. The molecule has 1 rings (SSSR count). The molecular weight excluding hydrogens is 186 g/mol. The lowest BCUT2D eigenvalue weighted by Crippen LogP contribution is -2.33. The van der Waals surface area contributed by atoms with E-state index >= 15 is 0 Å². The molecule has 1 fully saturated rings. The summed E-state index contributed by atoms with van der Waals surface area (Å²) < 4.78 is 5.31. The third kappa shape index (κ3) is 4.52. The number of carbonyl (C=O) groups excluding carboxylic acids is 1. The molecule has 0 spiro atoms. The standard InChI is InChI=1S/C9H17NO2S/c11-9(3-5-13)10-6-8-2-1-4-12-7-8/h8,13H,1-7H2,(H,10,11). The van der Waals surface area contributed by atoms with Gasteiger partial charge in [-0.1, -0.05) is 0 Å². The molecule has 1 aliphatic heterocycles. The van der Waals surface area contributed by atoms with Crippen molar-refractivity contribution in [1.29, 1.82) is 0 Å². The zero-order valence-corrected chi connectivity index (χ0v) is 8.69. The molecule has 0 radical (unpaired) electrons. The van der Waals surface area contributed by atoms with Crippen LogP contribution >= 0.6 is 12.6 Å². The molecule has 1 N–H and O–H groups in total. The van der Waals surface area contributed by atoms with Gasteiger partial charge in [0.05, 0.1) is 6.61 Å². The third-order valence-electron chi connectivity index (χ3n) is 2.18. The Hall–Kier alpha value is -0.220. The third-order valence-corrected chi connectivity index (χ3v) is 2.40. The van der Waals surface area contributed by atoms with Crippen LogP contribution in [0, 0.1) is 5.92 Å². The van der Waals surface area contributed by atoms with E-state index < -0.39 is 0 Å². The highest BCUT2D eigenvalue weighted by Crippen LogP contribution is 2.11. The van der Waals surface area contributed by atoms with Crippen LogP contribution in [-0.4, -0.2) is 31.4 Å². The maximum absolute atomic E-state index is 11.1. The first-order chi connectivity index (χ1) is 6.33. The van der Waals surface area contributed by atoms with Gasteiger partial charge in [-0.05, 0) is 24.5 Å². The smallest absolute Gasteiger partial charge is 0.220 e. The molecule has 1 aliphatic rings. The Morgan fingerprint density at radius 1 is 1.62 bits per heavy atom. The van der Waals surface area contributed by atoms with E-state index in [2.05, 4.69) is 17.9 Å². The van der Waals surface area contributed by atoms with Gasteiger partial charge in [-0.15, -0.1) is 0 Å². The van der Waals surface area contributed by atoms with Crippen LogP contribution in [-0.2, 0) is 9.53 Å². The number of nitrogens with one attached hydrogen (secondary N) is 1. The van der Waals surface area contributed by atoms with E-state index in [1.165, 1.54) is 6.42 Å². The van der Waals surface area contributed by atoms with Crippen molar-refractivity contribution in [2.75, 3.05) is 25.5 Å². The van der Waals surface area contributed by atoms with Crippen molar-refractivity contribution in [2.45, 2.75) is 19.3 Å². The number of amides is 1. The molecule has 1 amide bonds. The summed E-state index contributed by atoms with van der Waals surface area (Å²) in [5.74, 6) is 1.23. The number of thiol groups is 1. The summed E-state index contributed by atoms with van der Waals surface area (Å²) >= 11 is 3.99. The summed E-state index contributed by atoms with van der Waals surface area (Å²) in [7, 11) is 0. The Balaban J connectivity index is 2.06. The second-order valence-corrected chi connectivity index (χ2v) is 3.81. The number of ether oxygens (including phenoxy) is 1. The van der Waals surface area contributed by atoms with Crippen LogP contribution in [0.3, 0.4) is 0 Å². The molecule has 76 valence electrons. The number of hydrogen-bond donors (Lipinski definition) is 2. The van der Waals surface area contributed by atoms with Gasteiger partial charge in [0.25, 0.3) is 0 Å². The van der Waals surface area contributed by atoms with Gasteiger partial charge in [0.1, 0.15) is 0 Å². The lowest BCUT2D eigenvalue weighted by Gasteiger charge is -2.22. The quantitative estimate of drug-likeness (QED) is 0.665. The lowest BCUT2D eigenvalue weighted by atomic mass is 10.0. The Labute approximate surface area is 84.6 Å². The molecule has 4 heteroatoms. The normalized spacial score (nSPS) is 22.7. The van der Waals surface area contributed by atoms with E-state index in [4.69, 9.17) is 4.74 Å². The summed E-state index contributed by atoms with van der Waals surface area (Å²) in [5, 5.41) is 2.89. The summed E-state index contributed by atoms with van der Waals surface area (Å²) in [6.45, 7) is 2.43. The van der Waals surface area contributed by atoms with Gasteiger partial charge in [-0.2, -0.15) is 12.6 Å². The highest BCUT2D eigenvalue weighted by molar-refractivity contribution is 7.80. The first-order valence-electron chi connectivity index (χ1n) is 4.78. The van der Waals surface area contributed by atoms with Crippen molar-refractivity contribution >= 4 is 18.5 Å². The summed E-state index contributed by atoms with van der Waals surface area (Å²) in [6.07, 6.45) is 2.80. The van der Waals surface area contributed by atoms with Crippen molar-refractivity contribution < 1.29 is 9.53 Å². The van der Waals surface area contributed by atoms with Crippen LogP contribution in [0.4, 0.5) is 0 Å². The predicted octanol–water partition coefficient (Wildman–Crippen LogP) is 0.849. The maximum Gasteiger partial charge on any atom is 0.220 e. The second kappa shape index (κ2) is 6.27. The Morgan fingerprint density at radius 2 is 2.46 bits per heavy atom. The molecule has 0 aliphatic carbocycles. The second-order valence-electron chi connectivity index (χ2n) is 3.36. The van der Waals surface area contributed by atoms with Gasteiger partial charge in [-0.3, -0.25) is 4.79 Å². The minimum Gasteiger partial charge on any atom is -0.381 e. The fraction of sp³-hybridized carbons (Fsp3) is 0.889. The molecule has 0 bridgehead atoms. The molecule has 1 heterocycles. The topological polar surface area (TPSA) is 38.3 Å². The predicted molar refractivity (Wildman–Crippen MR) is 55.0 cm³/mol. The van der Waals surface area contributed by atoms with Gasteiger partial charge in [0, 0.05) is 19.6 Å². The van der Waals surface area contributed by atoms with E-state index in [-0.39, 0.29) is 5.91 Å². The largest absolute Gasteiger partial charge is 0.381 e. The monoisotopic (exact) mass is 203 g/mol. The summed E-state index contributed by atoms with van der Waals surface area (Å²) in [4.78, 5) is 11.1. The van der Waals surface area contributed by atoms with E-state index in [0.717, 1.165) is 26.2 Å². The van der Waals surface area contributed by atoms with Crippen LogP contribution in [0.15, 0.2) is 0 Å². The van der Waals surface area contributed by atoms with E-state index in [9.17, 15) is 4.79 Å². The molecule has 13 heavy (non-hydrogen) atoms. The van der Waals surface area contributed by atoms with Crippen molar-refractivity contribution in [3.8, 4) is 0 Å². The maximum atomic E-state index is 11.1. The van der Waals surface area contributed by atoms with E-state index in [1.54, 1.807) is 0 Å². The minimum absolute atomic E-state index is 0.0978. The zero-order valence-electron chi connectivity index (χ0n) is 7.79. The molecule has 1 saturated heterocycles. The van der Waals surface area contributed by atoms with Crippen molar-refractivity contribution in [3.05, 3.63) is 0 Å². The average Bonchev–Trinajstić information content (AvgIpc) is 2.17. The zero-order chi connectivity index (χ0) is 9.52. The van der Waals surface area contributed by atoms with Crippen LogP contribution in [0.5, 0.6) is 0 Å². The summed E-state index contributed by atoms with van der Waals surface area (Å²) in [5.41, 5.74) is 0. The number of carbonyl (C=O) groups is 1. The van der Waals surface area contributed by atoms with E-state index in [1.807, 2.05) is 0 Å². The van der Waals surface area contributed by atoms with Crippen LogP contribution in [0.25, 0.3) is 0 Å². The van der Waals surface area contributed by atoms with Crippen LogP contribution in [0.2, 0.25) is 0 Å². The highest BCUT2D eigenvalue weighted by atomic mass is 32.1. The SMILES string of the molecule is O=C(CCS)NCC1CCCOC1. The number of rotatable bonds is 4. The van der Waals surface area contributed by atoms with Crippen LogP contribution in [0.1, 0.15) is 19.3 Å². The molecule has 0 saturated carbocycles. The van der Waals surface area contributed by atoms with Gasteiger partial charge in [-0.25, -0.2) is 0 Å². The van der Waals surface area contributed by atoms with Crippen molar-refractivity contribution in [1.82, 2.24) is 5.32 Å². The van der Waals surface area contributed by atoms with Gasteiger partial charge in [0.15, 0.2) is 0 Å². The molecule has 0 aromatic rings. The molecular formula is C9H17NO2S. The Kier molecular flexibility index (Phi) is 5.23. The average molecular weight is 203 g/mol. The number of hydrogen-bond acceptors (Lipinski definition) is 3. The van der Waals surface area contributed by atoms with Gasteiger partial charge >= 0.3 is 0 Å². The Bertz CT molecular complexity index is 158. The fourth-order valence-electron chi connectivity index (χ4n) is 1.42. The Morgan fingerprint density at radius 3 is 3.08 bits per heavy atom. The van der Waals surface area contributed by atoms with Gasteiger partial charge in [0.2, 0.25) is 5.91 Å². The molecule has 0 aromatic carbocycles. The van der Waals surface area contributed by atoms with Crippen molar-refractivity contribution in [2.24, 2.45) is 5.92 Å². The van der Waals surface area contributed by atoms with Gasteiger partial charge < -0.3 is 10.1 Å².